The third-order valence-electron chi connectivity index (χ3n) is 5.27. The van der Waals surface area contributed by atoms with E-state index in [-0.39, 0.29) is 35.0 Å². The van der Waals surface area contributed by atoms with Crippen LogP contribution in [-0.4, -0.2) is 24.5 Å². The number of amides is 1. The van der Waals surface area contributed by atoms with Gasteiger partial charge in [0.05, 0.1) is 0 Å². The van der Waals surface area contributed by atoms with E-state index in [1.165, 1.54) is 12.1 Å². The van der Waals surface area contributed by atoms with Gasteiger partial charge in [-0.25, -0.2) is 9.59 Å². The summed E-state index contributed by atoms with van der Waals surface area (Å²) in [5.74, 6) is -0.289. The van der Waals surface area contributed by atoms with Crippen molar-refractivity contribution in [2.75, 3.05) is 6.61 Å². The number of benzene rings is 2. The fraction of sp³-hybridized carbons (Fsp3) is 0.346. The van der Waals surface area contributed by atoms with Crippen molar-refractivity contribution in [3.63, 3.8) is 0 Å². The predicted molar refractivity (Wildman–Crippen MR) is 134 cm³/mol. The van der Waals surface area contributed by atoms with E-state index in [1.54, 1.807) is 18.2 Å². The van der Waals surface area contributed by atoms with Crippen LogP contribution in [0.5, 0.6) is 11.5 Å². The van der Waals surface area contributed by atoms with Crippen LogP contribution in [0.3, 0.4) is 0 Å². The molecule has 180 valence electrons. The summed E-state index contributed by atoms with van der Waals surface area (Å²) in [6.07, 6.45) is 0.739. The molecule has 1 unspecified atom stereocenters. The van der Waals surface area contributed by atoms with Crippen LogP contribution in [0.15, 0.2) is 56.1 Å². The molecule has 0 bridgehead atoms. The molecule has 1 N–H and O–H groups in total. The maximum Gasteiger partial charge on any atom is 0.349 e. The van der Waals surface area contributed by atoms with Gasteiger partial charge in [0.15, 0.2) is 6.61 Å². The molecule has 0 aliphatic carbocycles. The van der Waals surface area contributed by atoms with Crippen LogP contribution in [0.2, 0.25) is 0 Å². The highest BCUT2D eigenvalue weighted by Gasteiger charge is 2.21. The van der Waals surface area contributed by atoms with E-state index >= 15 is 0 Å². The second kappa shape index (κ2) is 10.4. The van der Waals surface area contributed by atoms with Crippen LogP contribution >= 0.6 is 15.9 Å². The first-order valence-electron chi connectivity index (χ1n) is 11.0. The SMILES string of the molecule is CCC(C)NC(=O)c1cc2ccc(OC(=O)COc3ccc(Br)cc3C(C)(C)C)cc2oc1=O. The largest absolute Gasteiger partial charge is 0.482 e. The summed E-state index contributed by atoms with van der Waals surface area (Å²) in [6.45, 7) is 9.67. The molecule has 1 amide bonds. The lowest BCUT2D eigenvalue weighted by Gasteiger charge is -2.23. The third-order valence-corrected chi connectivity index (χ3v) is 5.76. The lowest BCUT2D eigenvalue weighted by atomic mass is 9.86. The van der Waals surface area contributed by atoms with E-state index in [0.717, 1.165) is 16.5 Å². The zero-order valence-electron chi connectivity index (χ0n) is 19.9. The third kappa shape index (κ3) is 6.26. The minimum absolute atomic E-state index is 0.0662. The zero-order valence-corrected chi connectivity index (χ0v) is 21.4. The van der Waals surface area contributed by atoms with Gasteiger partial charge in [-0.05, 0) is 55.2 Å². The molecule has 0 spiro atoms. The quantitative estimate of drug-likeness (QED) is 0.251. The fourth-order valence-electron chi connectivity index (χ4n) is 3.23. The Kier molecular flexibility index (Phi) is 7.82. The molecule has 7 nitrogen and oxygen atoms in total. The van der Waals surface area contributed by atoms with Gasteiger partial charge in [0.25, 0.3) is 5.91 Å². The number of ether oxygens (including phenoxy) is 2. The first kappa shape index (κ1) is 25.5. The highest BCUT2D eigenvalue weighted by Crippen LogP contribution is 2.33. The van der Waals surface area contributed by atoms with Gasteiger partial charge in [-0.3, -0.25) is 4.79 Å². The van der Waals surface area contributed by atoms with E-state index in [0.29, 0.717) is 11.1 Å². The molecule has 0 saturated heterocycles. The number of carbonyl (C=O) groups excluding carboxylic acids is 2. The maximum atomic E-state index is 12.4. The lowest BCUT2D eigenvalue weighted by Crippen LogP contribution is -2.34. The first-order valence-corrected chi connectivity index (χ1v) is 11.8. The van der Waals surface area contributed by atoms with Crippen molar-refractivity contribution in [3.05, 3.63) is 68.5 Å². The highest BCUT2D eigenvalue weighted by atomic mass is 79.9. The summed E-state index contributed by atoms with van der Waals surface area (Å²) in [6, 6.07) is 11.6. The number of hydrogen-bond acceptors (Lipinski definition) is 6. The van der Waals surface area contributed by atoms with Gasteiger partial charge < -0.3 is 19.2 Å². The first-order chi connectivity index (χ1) is 16.0. The van der Waals surface area contributed by atoms with Crippen LogP contribution in [0, 0.1) is 0 Å². The molecule has 8 heteroatoms. The van der Waals surface area contributed by atoms with Crippen molar-refractivity contribution in [2.24, 2.45) is 0 Å². The Morgan fingerprint density at radius 2 is 1.85 bits per heavy atom. The van der Waals surface area contributed by atoms with Crippen molar-refractivity contribution in [1.29, 1.82) is 0 Å². The molecule has 1 heterocycles. The summed E-state index contributed by atoms with van der Waals surface area (Å²) >= 11 is 3.46. The molecular weight excluding hydrogens is 502 g/mol. The van der Waals surface area contributed by atoms with E-state index in [9.17, 15) is 14.4 Å². The molecule has 0 aliphatic heterocycles. The van der Waals surface area contributed by atoms with Gasteiger partial charge in [0, 0.05) is 27.5 Å². The number of hydrogen-bond donors (Lipinski definition) is 1. The van der Waals surface area contributed by atoms with Gasteiger partial charge in [-0.1, -0.05) is 43.6 Å². The van der Waals surface area contributed by atoms with Crippen LogP contribution in [-0.2, 0) is 10.2 Å². The standard InChI is InChI=1S/C26H28BrNO6/c1-6-15(2)28-24(30)19-11-16-7-9-18(13-22(16)34-25(19)31)33-23(29)14-32-21-10-8-17(27)12-20(21)26(3,4)5/h7-13,15H,6,14H2,1-5H3,(H,28,30). The van der Waals surface area contributed by atoms with Gasteiger partial charge >= 0.3 is 11.6 Å². The number of rotatable bonds is 7. The molecule has 0 fully saturated rings. The monoisotopic (exact) mass is 529 g/mol. The fourth-order valence-corrected chi connectivity index (χ4v) is 3.59. The normalized spacial score (nSPS) is 12.3. The van der Waals surface area contributed by atoms with Gasteiger partial charge in [-0.15, -0.1) is 0 Å². The molecule has 3 rings (SSSR count). The summed E-state index contributed by atoms with van der Waals surface area (Å²) in [4.78, 5) is 37.0. The molecule has 1 atom stereocenters. The predicted octanol–water partition coefficient (Wildman–Crippen LogP) is 5.37. The smallest absolute Gasteiger partial charge is 0.349 e. The number of esters is 1. The topological polar surface area (TPSA) is 94.8 Å². The molecular formula is C26H28BrNO6. The molecule has 2 aromatic carbocycles. The lowest BCUT2D eigenvalue weighted by molar-refractivity contribution is -0.136. The van der Waals surface area contributed by atoms with Crippen molar-refractivity contribution in [2.45, 2.75) is 52.5 Å². The second-order valence-electron chi connectivity index (χ2n) is 9.08. The van der Waals surface area contributed by atoms with Crippen LogP contribution < -0.4 is 20.4 Å². The Labute approximate surface area is 206 Å². The van der Waals surface area contributed by atoms with Gasteiger partial charge in [0.1, 0.15) is 22.6 Å². The Balaban J connectivity index is 1.72. The maximum absolute atomic E-state index is 12.4. The van der Waals surface area contributed by atoms with E-state index in [2.05, 4.69) is 42.0 Å². The van der Waals surface area contributed by atoms with Gasteiger partial charge in [0.2, 0.25) is 0 Å². The van der Waals surface area contributed by atoms with Crippen molar-refractivity contribution in [3.8, 4) is 11.5 Å². The molecule has 34 heavy (non-hydrogen) atoms. The molecule has 3 aromatic rings. The van der Waals surface area contributed by atoms with Crippen molar-refractivity contribution >= 4 is 38.8 Å². The number of halogens is 1. The van der Waals surface area contributed by atoms with Crippen LogP contribution in [0.1, 0.15) is 57.0 Å². The van der Waals surface area contributed by atoms with Crippen molar-refractivity contribution in [1.82, 2.24) is 5.32 Å². The molecule has 0 radical (unpaired) electrons. The number of nitrogens with one attached hydrogen (secondary N) is 1. The highest BCUT2D eigenvalue weighted by molar-refractivity contribution is 9.10. The Hall–Kier alpha value is -3.13. The summed E-state index contributed by atoms with van der Waals surface area (Å²) in [5.41, 5.74) is 0.151. The summed E-state index contributed by atoms with van der Waals surface area (Å²) in [7, 11) is 0. The zero-order chi connectivity index (χ0) is 25.0. The Bertz CT molecular complexity index is 1270. The van der Waals surface area contributed by atoms with E-state index in [4.69, 9.17) is 13.9 Å². The van der Waals surface area contributed by atoms with E-state index < -0.39 is 17.5 Å². The summed E-state index contributed by atoms with van der Waals surface area (Å²) < 4.78 is 17.3. The van der Waals surface area contributed by atoms with E-state index in [1.807, 2.05) is 26.0 Å². The molecule has 1 aromatic heterocycles. The van der Waals surface area contributed by atoms with Crippen molar-refractivity contribution < 1.29 is 23.5 Å². The minimum Gasteiger partial charge on any atom is -0.482 e. The van der Waals surface area contributed by atoms with Gasteiger partial charge in [-0.2, -0.15) is 0 Å². The second-order valence-corrected chi connectivity index (χ2v) is 10.00. The number of carbonyl (C=O) groups is 2. The Morgan fingerprint density at radius 3 is 2.53 bits per heavy atom. The average Bonchev–Trinajstić information content (AvgIpc) is 2.76. The molecule has 0 saturated carbocycles. The average molecular weight is 530 g/mol. The van der Waals surface area contributed by atoms with Crippen LogP contribution in [0.25, 0.3) is 11.0 Å². The minimum atomic E-state index is -0.759. The molecule has 0 aliphatic rings. The van der Waals surface area contributed by atoms with Crippen LogP contribution in [0.4, 0.5) is 0 Å². The summed E-state index contributed by atoms with van der Waals surface area (Å²) in [5, 5.41) is 3.28. The number of fused-ring (bicyclic) bond motifs is 1. The Morgan fingerprint density at radius 1 is 1.12 bits per heavy atom.